The number of hydrogen-bond acceptors (Lipinski definition) is 5. The summed E-state index contributed by atoms with van der Waals surface area (Å²) in [7, 11) is 0. The van der Waals surface area contributed by atoms with Crippen molar-refractivity contribution in [2.45, 2.75) is 57.7 Å². The van der Waals surface area contributed by atoms with Crippen LogP contribution in [0.1, 0.15) is 60.8 Å². The van der Waals surface area contributed by atoms with E-state index in [0.29, 0.717) is 23.2 Å². The molecule has 0 radical (unpaired) electrons. The Labute approximate surface area is 196 Å². The Hall–Kier alpha value is -3.33. The molecule has 0 saturated carbocycles. The number of benzene rings is 1. The van der Waals surface area contributed by atoms with E-state index in [1.54, 1.807) is 11.8 Å². The maximum atomic E-state index is 13.2. The van der Waals surface area contributed by atoms with Crippen LogP contribution in [0.5, 0.6) is 0 Å². The van der Waals surface area contributed by atoms with Gasteiger partial charge < -0.3 is 15.7 Å². The van der Waals surface area contributed by atoms with E-state index in [2.05, 4.69) is 42.0 Å². The predicted octanol–water partition coefficient (Wildman–Crippen LogP) is 4.84. The Kier molecular flexibility index (Phi) is 6.65. The lowest BCUT2D eigenvalue weighted by Crippen LogP contribution is -2.34. The molecule has 0 aliphatic heterocycles. The normalized spacial score (nSPS) is 16.9. The van der Waals surface area contributed by atoms with Crippen molar-refractivity contribution in [3.63, 3.8) is 0 Å². The van der Waals surface area contributed by atoms with Crippen LogP contribution in [0, 0.1) is 0 Å². The van der Waals surface area contributed by atoms with Crippen LogP contribution in [0.15, 0.2) is 54.7 Å². The highest BCUT2D eigenvalue weighted by Gasteiger charge is 2.36. The number of imidazole rings is 1. The fraction of sp³-hybridized carbons (Fsp3) is 0.360. The minimum atomic E-state index is -4.70. The van der Waals surface area contributed by atoms with Crippen LogP contribution in [0.2, 0.25) is 0 Å². The number of alkyl halides is 3. The SMILES string of the molecule is CC(C)c1cccc2c1C(Cn1cnc(-c3cc(/C(N)=C(/NN)C(F)(F)F)ccn3)c1)CCC2. The molecular formula is C25H29F3N6. The molecule has 0 amide bonds. The fourth-order valence-electron chi connectivity index (χ4n) is 4.76. The molecule has 1 unspecified atom stereocenters. The van der Waals surface area contributed by atoms with Gasteiger partial charge in [-0.3, -0.25) is 10.8 Å². The molecule has 1 aromatic carbocycles. The zero-order chi connectivity index (χ0) is 24.5. The summed E-state index contributed by atoms with van der Waals surface area (Å²) in [5.74, 6) is 5.89. The third kappa shape index (κ3) is 4.79. The first kappa shape index (κ1) is 23.8. The van der Waals surface area contributed by atoms with Crippen LogP contribution in [-0.2, 0) is 13.0 Å². The zero-order valence-electron chi connectivity index (χ0n) is 19.2. The monoisotopic (exact) mass is 470 g/mol. The Balaban J connectivity index is 1.61. The van der Waals surface area contributed by atoms with Gasteiger partial charge in [0.15, 0.2) is 5.70 Å². The number of hydrazine groups is 1. The van der Waals surface area contributed by atoms with Crippen molar-refractivity contribution in [3.8, 4) is 11.4 Å². The number of nitrogens with two attached hydrogens (primary N) is 2. The third-order valence-corrected chi connectivity index (χ3v) is 6.35. The van der Waals surface area contributed by atoms with Gasteiger partial charge in [-0.1, -0.05) is 32.0 Å². The van der Waals surface area contributed by atoms with Gasteiger partial charge in [0.05, 0.1) is 17.7 Å². The number of aromatic nitrogens is 3. The first-order valence-electron chi connectivity index (χ1n) is 11.3. The lowest BCUT2D eigenvalue weighted by Gasteiger charge is -2.29. The molecule has 0 saturated heterocycles. The van der Waals surface area contributed by atoms with Crippen LogP contribution in [-0.4, -0.2) is 20.7 Å². The van der Waals surface area contributed by atoms with Gasteiger partial charge in [0, 0.05) is 30.4 Å². The van der Waals surface area contributed by atoms with Crippen LogP contribution in [0.3, 0.4) is 0 Å². The van der Waals surface area contributed by atoms with Crippen molar-refractivity contribution in [2.24, 2.45) is 11.6 Å². The molecule has 2 heterocycles. The number of fused-ring (bicyclic) bond motifs is 1. The molecule has 1 aliphatic carbocycles. The van der Waals surface area contributed by atoms with Gasteiger partial charge in [0.1, 0.15) is 5.69 Å². The second-order valence-corrected chi connectivity index (χ2v) is 8.98. The Morgan fingerprint density at radius 2 is 2.00 bits per heavy atom. The maximum absolute atomic E-state index is 13.2. The minimum absolute atomic E-state index is 0.160. The van der Waals surface area contributed by atoms with Gasteiger partial charge >= 0.3 is 6.18 Å². The quantitative estimate of drug-likeness (QED) is 0.354. The number of halogens is 3. The average molecular weight is 471 g/mol. The second kappa shape index (κ2) is 9.50. The lowest BCUT2D eigenvalue weighted by atomic mass is 9.78. The van der Waals surface area contributed by atoms with Gasteiger partial charge in [-0.15, -0.1) is 0 Å². The van der Waals surface area contributed by atoms with E-state index in [9.17, 15) is 13.2 Å². The Bertz CT molecular complexity index is 1200. The molecule has 3 aromatic rings. The average Bonchev–Trinajstić information content (AvgIpc) is 3.27. The van der Waals surface area contributed by atoms with Crippen molar-refractivity contribution in [2.75, 3.05) is 0 Å². The third-order valence-electron chi connectivity index (χ3n) is 6.35. The summed E-state index contributed by atoms with van der Waals surface area (Å²) in [4.78, 5) is 8.75. The largest absolute Gasteiger partial charge is 0.434 e. The van der Waals surface area contributed by atoms with Gasteiger partial charge in [0.25, 0.3) is 0 Å². The van der Waals surface area contributed by atoms with Crippen LogP contribution >= 0.6 is 0 Å². The molecule has 2 aromatic heterocycles. The van der Waals surface area contributed by atoms with Gasteiger partial charge in [0.2, 0.25) is 0 Å². The van der Waals surface area contributed by atoms with Crippen molar-refractivity contribution < 1.29 is 13.2 Å². The molecular weight excluding hydrogens is 441 g/mol. The molecule has 180 valence electrons. The van der Waals surface area contributed by atoms with Gasteiger partial charge in [-0.05, 0) is 54.0 Å². The molecule has 34 heavy (non-hydrogen) atoms. The summed E-state index contributed by atoms with van der Waals surface area (Å²) in [6.07, 6.45) is 3.69. The molecule has 0 bridgehead atoms. The number of rotatable bonds is 6. The Morgan fingerprint density at radius 3 is 2.71 bits per heavy atom. The van der Waals surface area contributed by atoms with Crippen LogP contribution in [0.25, 0.3) is 17.1 Å². The first-order valence-corrected chi connectivity index (χ1v) is 11.3. The molecule has 5 N–H and O–H groups in total. The first-order chi connectivity index (χ1) is 16.2. The lowest BCUT2D eigenvalue weighted by molar-refractivity contribution is -0.0961. The summed E-state index contributed by atoms with van der Waals surface area (Å²) in [6, 6.07) is 9.49. The van der Waals surface area contributed by atoms with E-state index in [-0.39, 0.29) is 5.56 Å². The summed E-state index contributed by atoms with van der Waals surface area (Å²) in [6.45, 7) is 5.22. The van der Waals surface area contributed by atoms with Crippen LogP contribution in [0.4, 0.5) is 13.2 Å². The van der Waals surface area contributed by atoms with E-state index in [0.717, 1.165) is 25.8 Å². The van der Waals surface area contributed by atoms with E-state index in [4.69, 9.17) is 11.6 Å². The van der Waals surface area contributed by atoms with Gasteiger partial charge in [-0.2, -0.15) is 13.2 Å². The molecule has 6 nitrogen and oxygen atoms in total. The van der Waals surface area contributed by atoms with Crippen LogP contribution < -0.4 is 17.0 Å². The fourth-order valence-corrected chi connectivity index (χ4v) is 4.76. The molecule has 1 atom stereocenters. The maximum Gasteiger partial charge on any atom is 0.434 e. The molecule has 0 spiro atoms. The van der Waals surface area contributed by atoms with E-state index in [1.165, 1.54) is 35.0 Å². The smallest absolute Gasteiger partial charge is 0.397 e. The molecule has 1 aliphatic rings. The molecule has 9 heteroatoms. The second-order valence-electron chi connectivity index (χ2n) is 8.98. The number of nitrogens with zero attached hydrogens (tertiary/aromatic N) is 3. The highest BCUT2D eigenvalue weighted by atomic mass is 19.4. The number of pyridine rings is 1. The number of hydrogen-bond donors (Lipinski definition) is 3. The number of allylic oxidation sites excluding steroid dienone is 1. The summed E-state index contributed by atoms with van der Waals surface area (Å²) in [5.41, 5.74) is 11.1. The van der Waals surface area contributed by atoms with Crippen molar-refractivity contribution in [1.29, 1.82) is 0 Å². The van der Waals surface area contributed by atoms with E-state index in [1.807, 2.05) is 10.8 Å². The minimum Gasteiger partial charge on any atom is -0.397 e. The summed E-state index contributed by atoms with van der Waals surface area (Å²) >= 11 is 0. The Morgan fingerprint density at radius 1 is 1.21 bits per heavy atom. The zero-order valence-corrected chi connectivity index (χ0v) is 19.2. The van der Waals surface area contributed by atoms with Crippen molar-refractivity contribution >= 4 is 5.70 Å². The van der Waals surface area contributed by atoms with Crippen molar-refractivity contribution in [3.05, 3.63) is 77.0 Å². The summed E-state index contributed by atoms with van der Waals surface area (Å²) in [5, 5.41) is 0. The van der Waals surface area contributed by atoms with Crippen molar-refractivity contribution in [1.82, 2.24) is 20.0 Å². The van der Waals surface area contributed by atoms with Gasteiger partial charge in [-0.25, -0.2) is 4.98 Å². The van der Waals surface area contributed by atoms with E-state index < -0.39 is 17.6 Å². The number of nitrogens with one attached hydrogen (secondary N) is 1. The molecule has 4 rings (SSSR count). The highest BCUT2D eigenvalue weighted by molar-refractivity contribution is 5.69. The standard InChI is InChI=1S/C25H29F3N6/c1-15(2)19-8-4-6-16-5-3-7-18(22(16)19)12-34-13-21(32-14-34)20-11-17(9-10-31-20)23(29)24(33-30)25(26,27)28/h4,6,8-11,13-15,18,33H,3,5,7,12,29-30H2,1-2H3/b24-23-. The number of aryl methyl sites for hydroxylation is 1. The highest BCUT2D eigenvalue weighted by Crippen LogP contribution is 2.38. The topological polar surface area (TPSA) is 94.8 Å². The predicted molar refractivity (Wildman–Crippen MR) is 126 cm³/mol. The summed E-state index contributed by atoms with van der Waals surface area (Å²) < 4.78 is 41.6. The molecule has 0 fully saturated rings. The van der Waals surface area contributed by atoms with E-state index >= 15 is 0 Å².